The quantitative estimate of drug-likeness (QED) is 0.475. The number of guanidine groups is 1. The van der Waals surface area contributed by atoms with Crippen LogP contribution in [0.15, 0.2) is 35.3 Å². The summed E-state index contributed by atoms with van der Waals surface area (Å²) in [7, 11) is 1.72. The molecule has 1 atom stereocenters. The van der Waals surface area contributed by atoms with Gasteiger partial charge in [0, 0.05) is 38.4 Å². The molecule has 0 bridgehead atoms. The van der Waals surface area contributed by atoms with Gasteiger partial charge in [0.15, 0.2) is 5.96 Å². The number of anilines is 1. The minimum Gasteiger partial charge on any atom is -0.379 e. The van der Waals surface area contributed by atoms with Crippen LogP contribution in [0.2, 0.25) is 0 Å². The number of benzene rings is 1. The fourth-order valence-electron chi connectivity index (χ4n) is 3.17. The first-order valence-corrected chi connectivity index (χ1v) is 9.69. The lowest BCUT2D eigenvalue weighted by Crippen LogP contribution is -2.51. The summed E-state index contributed by atoms with van der Waals surface area (Å²) in [6.45, 7) is 8.96. The van der Waals surface area contributed by atoms with Crippen LogP contribution in [0.1, 0.15) is 20.3 Å². The third kappa shape index (κ3) is 7.97. The third-order valence-electron chi connectivity index (χ3n) is 4.51. The van der Waals surface area contributed by atoms with Crippen LogP contribution < -0.4 is 16.0 Å². The van der Waals surface area contributed by atoms with E-state index in [1.54, 1.807) is 7.05 Å². The van der Waals surface area contributed by atoms with E-state index in [-0.39, 0.29) is 12.5 Å². The van der Waals surface area contributed by atoms with Crippen LogP contribution >= 0.6 is 0 Å². The van der Waals surface area contributed by atoms with Crippen molar-refractivity contribution < 1.29 is 9.53 Å². The highest BCUT2D eigenvalue weighted by Gasteiger charge is 2.22. The molecule has 27 heavy (non-hydrogen) atoms. The maximum absolute atomic E-state index is 12.1. The molecule has 1 aromatic rings. The monoisotopic (exact) mass is 375 g/mol. The van der Waals surface area contributed by atoms with Gasteiger partial charge in [0.1, 0.15) is 0 Å². The molecule has 7 nitrogen and oxygen atoms in total. The molecule has 7 heteroatoms. The molecule has 0 saturated carbocycles. The highest BCUT2D eigenvalue weighted by atomic mass is 16.5. The summed E-state index contributed by atoms with van der Waals surface area (Å²) in [5.41, 5.74) is 0.788. The van der Waals surface area contributed by atoms with Crippen molar-refractivity contribution in [3.63, 3.8) is 0 Å². The molecule has 0 spiro atoms. The fourth-order valence-corrected chi connectivity index (χ4v) is 3.17. The summed E-state index contributed by atoms with van der Waals surface area (Å²) in [5, 5.41) is 9.31. The van der Waals surface area contributed by atoms with Gasteiger partial charge in [0.25, 0.3) is 0 Å². The van der Waals surface area contributed by atoms with E-state index in [0.717, 1.165) is 45.0 Å². The number of hydrogen-bond acceptors (Lipinski definition) is 4. The highest BCUT2D eigenvalue weighted by molar-refractivity contribution is 5.94. The highest BCUT2D eigenvalue weighted by Crippen LogP contribution is 2.13. The van der Waals surface area contributed by atoms with Crippen LogP contribution in [0, 0.1) is 5.92 Å². The van der Waals surface area contributed by atoms with Crippen LogP contribution in [0.25, 0.3) is 0 Å². The second-order valence-corrected chi connectivity index (χ2v) is 7.15. The minimum atomic E-state index is -0.101. The number of morpholine rings is 1. The molecule has 1 fully saturated rings. The van der Waals surface area contributed by atoms with E-state index in [2.05, 4.69) is 39.7 Å². The van der Waals surface area contributed by atoms with Crippen molar-refractivity contribution in [3.8, 4) is 0 Å². The zero-order chi connectivity index (χ0) is 19.5. The molecule has 1 saturated heterocycles. The Balaban J connectivity index is 1.79. The Hall–Kier alpha value is -2.12. The molecule has 150 valence electrons. The van der Waals surface area contributed by atoms with Gasteiger partial charge in [0.2, 0.25) is 5.91 Å². The number of nitrogens with one attached hydrogen (secondary N) is 3. The van der Waals surface area contributed by atoms with Crippen molar-refractivity contribution in [1.82, 2.24) is 15.5 Å². The van der Waals surface area contributed by atoms with E-state index in [1.807, 2.05) is 30.3 Å². The standard InChI is InChI=1S/C20H33N5O2/c1-16(2)13-18(25-9-11-27-12-10-25)14-22-20(21-3)23-15-19(26)24-17-7-5-4-6-8-17/h4-8,16,18H,9-15H2,1-3H3,(H,24,26)(H2,21,22,23). The third-order valence-corrected chi connectivity index (χ3v) is 4.51. The summed E-state index contributed by atoms with van der Waals surface area (Å²) >= 11 is 0. The van der Waals surface area contributed by atoms with Gasteiger partial charge in [-0.3, -0.25) is 14.7 Å². The molecule has 1 amide bonds. The van der Waals surface area contributed by atoms with Crippen molar-refractivity contribution in [2.24, 2.45) is 10.9 Å². The fraction of sp³-hybridized carbons (Fsp3) is 0.600. The molecule has 1 aromatic carbocycles. The van der Waals surface area contributed by atoms with Gasteiger partial charge in [-0.05, 0) is 24.5 Å². The first kappa shape index (κ1) is 21.2. The number of carbonyl (C=O) groups excluding carboxylic acids is 1. The Morgan fingerprint density at radius 2 is 1.89 bits per heavy atom. The van der Waals surface area contributed by atoms with E-state index in [1.165, 1.54) is 0 Å². The lowest BCUT2D eigenvalue weighted by atomic mass is 10.0. The zero-order valence-electron chi connectivity index (χ0n) is 16.7. The molecule has 1 unspecified atom stereocenters. The van der Waals surface area contributed by atoms with Crippen LogP contribution in [0.5, 0.6) is 0 Å². The van der Waals surface area contributed by atoms with Crippen molar-refractivity contribution in [2.45, 2.75) is 26.3 Å². The molecule has 1 aliphatic heterocycles. The Morgan fingerprint density at radius 3 is 2.52 bits per heavy atom. The van der Waals surface area contributed by atoms with Crippen LogP contribution in [-0.2, 0) is 9.53 Å². The topological polar surface area (TPSA) is 78.0 Å². The lowest BCUT2D eigenvalue weighted by molar-refractivity contribution is -0.115. The summed E-state index contributed by atoms with van der Waals surface area (Å²) in [4.78, 5) is 18.8. The smallest absolute Gasteiger partial charge is 0.243 e. The molecular weight excluding hydrogens is 342 g/mol. The number of para-hydroxylation sites is 1. The summed E-state index contributed by atoms with van der Waals surface area (Å²) in [6, 6.07) is 9.86. The van der Waals surface area contributed by atoms with E-state index in [4.69, 9.17) is 4.74 Å². The minimum absolute atomic E-state index is 0.101. The van der Waals surface area contributed by atoms with Gasteiger partial charge >= 0.3 is 0 Å². The summed E-state index contributed by atoms with van der Waals surface area (Å²) in [6.07, 6.45) is 1.11. The normalized spacial score (nSPS) is 16.8. The molecule has 3 N–H and O–H groups in total. The van der Waals surface area contributed by atoms with Gasteiger partial charge < -0.3 is 20.7 Å². The Kier molecular flexibility index (Phi) is 9.07. The molecule has 1 heterocycles. The zero-order valence-corrected chi connectivity index (χ0v) is 16.7. The van der Waals surface area contributed by atoms with Crippen molar-refractivity contribution in [3.05, 3.63) is 30.3 Å². The van der Waals surface area contributed by atoms with Gasteiger partial charge in [-0.15, -0.1) is 0 Å². The molecule has 2 rings (SSSR count). The predicted molar refractivity (Wildman–Crippen MR) is 110 cm³/mol. The second-order valence-electron chi connectivity index (χ2n) is 7.15. The lowest BCUT2D eigenvalue weighted by Gasteiger charge is -2.35. The number of rotatable bonds is 8. The van der Waals surface area contributed by atoms with E-state index >= 15 is 0 Å². The molecular formula is C20H33N5O2. The number of carbonyl (C=O) groups is 1. The van der Waals surface area contributed by atoms with E-state index in [0.29, 0.717) is 17.9 Å². The molecule has 0 aromatic heterocycles. The Bertz CT molecular complexity index is 585. The molecule has 1 aliphatic rings. The van der Waals surface area contributed by atoms with Crippen LogP contribution in [0.3, 0.4) is 0 Å². The van der Waals surface area contributed by atoms with Crippen molar-refractivity contribution in [1.29, 1.82) is 0 Å². The van der Waals surface area contributed by atoms with Gasteiger partial charge in [-0.2, -0.15) is 0 Å². The number of aliphatic imine (C=N–C) groups is 1. The van der Waals surface area contributed by atoms with Gasteiger partial charge in [-0.1, -0.05) is 32.0 Å². The summed E-state index contributed by atoms with van der Waals surface area (Å²) in [5.74, 6) is 1.16. The first-order valence-electron chi connectivity index (χ1n) is 9.69. The number of amides is 1. The predicted octanol–water partition coefficient (Wildman–Crippen LogP) is 1.54. The van der Waals surface area contributed by atoms with Crippen LogP contribution in [-0.4, -0.2) is 69.2 Å². The van der Waals surface area contributed by atoms with Crippen molar-refractivity contribution >= 4 is 17.6 Å². The van der Waals surface area contributed by atoms with Gasteiger partial charge in [0.05, 0.1) is 19.8 Å². The van der Waals surface area contributed by atoms with Crippen LogP contribution in [0.4, 0.5) is 5.69 Å². The second kappa shape index (κ2) is 11.6. The Morgan fingerprint density at radius 1 is 1.19 bits per heavy atom. The largest absolute Gasteiger partial charge is 0.379 e. The number of ether oxygens (including phenoxy) is 1. The summed E-state index contributed by atoms with van der Waals surface area (Å²) < 4.78 is 5.47. The SMILES string of the molecule is CN=C(NCC(=O)Nc1ccccc1)NCC(CC(C)C)N1CCOCC1. The maximum atomic E-state index is 12.1. The molecule has 0 aliphatic carbocycles. The van der Waals surface area contributed by atoms with E-state index < -0.39 is 0 Å². The maximum Gasteiger partial charge on any atom is 0.243 e. The number of nitrogens with zero attached hydrogens (tertiary/aromatic N) is 2. The average molecular weight is 376 g/mol. The number of hydrogen-bond donors (Lipinski definition) is 3. The van der Waals surface area contributed by atoms with E-state index in [9.17, 15) is 4.79 Å². The average Bonchev–Trinajstić information content (AvgIpc) is 2.68. The van der Waals surface area contributed by atoms with Crippen molar-refractivity contribution in [2.75, 3.05) is 51.8 Å². The van der Waals surface area contributed by atoms with Gasteiger partial charge in [-0.25, -0.2) is 0 Å². The Labute approximate surface area is 162 Å². The first-order chi connectivity index (χ1) is 13.1. The molecule has 0 radical (unpaired) electrons.